The van der Waals surface area contributed by atoms with E-state index >= 15 is 0 Å². The van der Waals surface area contributed by atoms with E-state index in [-0.39, 0.29) is 23.3 Å². The van der Waals surface area contributed by atoms with Gasteiger partial charge in [-0.15, -0.1) is 0 Å². The zero-order valence-electron chi connectivity index (χ0n) is 20.1. The number of rotatable bonds is 7. The number of anilines is 2. The van der Waals surface area contributed by atoms with Gasteiger partial charge in [-0.05, 0) is 42.5 Å². The number of amides is 2. The van der Waals surface area contributed by atoms with E-state index in [0.717, 1.165) is 23.4 Å². The average Bonchev–Trinajstić information content (AvgIpc) is 2.55. The van der Waals surface area contributed by atoms with Gasteiger partial charge in [0.05, 0.1) is 0 Å². The highest BCUT2D eigenvalue weighted by molar-refractivity contribution is 5.91. The van der Waals surface area contributed by atoms with Crippen molar-refractivity contribution in [2.24, 2.45) is 10.8 Å². The number of nitrogens with zero attached hydrogens (tertiary/aromatic N) is 2. The third-order valence-corrected chi connectivity index (χ3v) is 4.90. The fourth-order valence-electron chi connectivity index (χ4n) is 3.18. The fraction of sp³-hybridized carbons (Fsp3) is 0.667. The van der Waals surface area contributed by atoms with Crippen molar-refractivity contribution >= 4 is 23.2 Å². The van der Waals surface area contributed by atoms with Crippen LogP contribution in [0.2, 0.25) is 0 Å². The van der Waals surface area contributed by atoms with E-state index in [1.165, 1.54) is 0 Å². The van der Waals surface area contributed by atoms with Gasteiger partial charge in [0.15, 0.2) is 0 Å². The SMILES string of the molecule is CC[C@H](C)N(Cc1cc(NC(=O)CC(C)(C)C)ccc1N(C)C)C(=O)C(C)(C)C. The number of benzene rings is 1. The molecule has 0 aromatic heterocycles. The Bertz CT molecular complexity index is 712. The lowest BCUT2D eigenvalue weighted by molar-refractivity contribution is -0.142. The van der Waals surface area contributed by atoms with Gasteiger partial charge in [0.1, 0.15) is 0 Å². The second-order valence-electron chi connectivity index (χ2n) is 10.5. The molecule has 0 aliphatic rings. The lowest BCUT2D eigenvalue weighted by atomic mass is 9.92. The zero-order chi connectivity index (χ0) is 22.6. The van der Waals surface area contributed by atoms with Gasteiger partial charge in [0.2, 0.25) is 11.8 Å². The van der Waals surface area contributed by atoms with Crippen molar-refractivity contribution in [1.82, 2.24) is 4.90 Å². The smallest absolute Gasteiger partial charge is 0.228 e. The Labute approximate surface area is 177 Å². The topological polar surface area (TPSA) is 52.7 Å². The molecule has 1 aromatic rings. The molecule has 5 nitrogen and oxygen atoms in total. The number of hydrogen-bond donors (Lipinski definition) is 1. The van der Waals surface area contributed by atoms with Crippen LogP contribution in [0, 0.1) is 10.8 Å². The summed E-state index contributed by atoms with van der Waals surface area (Å²) in [4.78, 5) is 29.5. The Hall–Kier alpha value is -2.04. The standard InChI is InChI=1S/C24H41N3O2/c1-11-17(2)27(22(29)24(6,7)8)16-18-14-19(12-13-20(18)26(9)10)25-21(28)15-23(3,4)5/h12-14,17H,11,15-16H2,1-10H3,(H,25,28)/t17-/m0/s1. The van der Waals surface area contributed by atoms with Crippen LogP contribution in [0.4, 0.5) is 11.4 Å². The van der Waals surface area contributed by atoms with Crippen LogP contribution in [0.5, 0.6) is 0 Å². The van der Waals surface area contributed by atoms with Crippen molar-refractivity contribution in [3.05, 3.63) is 23.8 Å². The quantitative estimate of drug-likeness (QED) is 0.672. The van der Waals surface area contributed by atoms with Crippen LogP contribution in [0.1, 0.15) is 73.8 Å². The molecular weight excluding hydrogens is 362 g/mol. The van der Waals surface area contributed by atoms with E-state index in [9.17, 15) is 9.59 Å². The molecule has 0 bridgehead atoms. The average molecular weight is 404 g/mol. The normalized spacial score (nSPS) is 13.0. The van der Waals surface area contributed by atoms with E-state index in [2.05, 4.69) is 39.9 Å². The second kappa shape index (κ2) is 9.64. The molecule has 0 aliphatic heterocycles. The summed E-state index contributed by atoms with van der Waals surface area (Å²) in [5, 5.41) is 3.02. The molecule has 0 fully saturated rings. The first kappa shape index (κ1) is 25.0. The maximum absolute atomic E-state index is 13.1. The highest BCUT2D eigenvalue weighted by Gasteiger charge is 2.30. The maximum Gasteiger partial charge on any atom is 0.228 e. The third kappa shape index (κ3) is 7.71. The van der Waals surface area contributed by atoms with E-state index < -0.39 is 5.41 Å². The van der Waals surface area contributed by atoms with E-state index in [4.69, 9.17) is 0 Å². The van der Waals surface area contributed by atoms with Gasteiger partial charge in [0.25, 0.3) is 0 Å². The van der Waals surface area contributed by atoms with Crippen molar-refractivity contribution in [2.45, 2.75) is 80.8 Å². The predicted octanol–water partition coefficient (Wildman–Crippen LogP) is 5.30. The van der Waals surface area contributed by atoms with Gasteiger partial charge >= 0.3 is 0 Å². The van der Waals surface area contributed by atoms with E-state index in [0.29, 0.717) is 13.0 Å². The Balaban J connectivity index is 3.25. The first-order chi connectivity index (χ1) is 13.2. The summed E-state index contributed by atoms with van der Waals surface area (Å²) >= 11 is 0. The molecule has 29 heavy (non-hydrogen) atoms. The molecule has 0 aliphatic carbocycles. The Morgan fingerprint density at radius 3 is 2.10 bits per heavy atom. The molecule has 1 atom stereocenters. The number of carbonyl (C=O) groups is 2. The molecular formula is C24H41N3O2. The lowest BCUT2D eigenvalue weighted by Crippen LogP contribution is -2.44. The summed E-state index contributed by atoms with van der Waals surface area (Å²) in [6.07, 6.45) is 1.35. The van der Waals surface area contributed by atoms with E-state index in [1.54, 1.807) is 0 Å². The van der Waals surface area contributed by atoms with E-state index in [1.807, 2.05) is 62.9 Å². The minimum atomic E-state index is -0.444. The fourth-order valence-corrected chi connectivity index (χ4v) is 3.18. The molecule has 0 unspecified atom stereocenters. The van der Waals surface area contributed by atoms with Crippen LogP contribution in [-0.4, -0.2) is 36.9 Å². The lowest BCUT2D eigenvalue weighted by Gasteiger charge is -2.35. The first-order valence-corrected chi connectivity index (χ1v) is 10.6. The number of nitrogens with one attached hydrogen (secondary N) is 1. The van der Waals surface area contributed by atoms with Crippen molar-refractivity contribution in [3.63, 3.8) is 0 Å². The van der Waals surface area contributed by atoms with Gasteiger partial charge in [0, 0.05) is 49.9 Å². The molecule has 0 saturated carbocycles. The molecule has 0 radical (unpaired) electrons. The largest absolute Gasteiger partial charge is 0.377 e. The van der Waals surface area contributed by atoms with Crippen LogP contribution in [0.3, 0.4) is 0 Å². The molecule has 2 amide bonds. The second-order valence-corrected chi connectivity index (χ2v) is 10.5. The van der Waals surface area contributed by atoms with Gasteiger partial charge in [-0.1, -0.05) is 48.5 Å². The summed E-state index contributed by atoms with van der Waals surface area (Å²) in [6.45, 7) is 16.7. The monoisotopic (exact) mass is 403 g/mol. The molecule has 0 heterocycles. The van der Waals surface area contributed by atoms with Gasteiger partial charge in [-0.3, -0.25) is 9.59 Å². The van der Waals surface area contributed by atoms with Crippen LogP contribution in [-0.2, 0) is 16.1 Å². The molecule has 1 rings (SSSR count). The van der Waals surface area contributed by atoms with Gasteiger partial charge in [-0.2, -0.15) is 0 Å². The van der Waals surface area contributed by atoms with Crippen LogP contribution >= 0.6 is 0 Å². The minimum Gasteiger partial charge on any atom is -0.377 e. The highest BCUT2D eigenvalue weighted by Crippen LogP contribution is 2.29. The van der Waals surface area contributed by atoms with Crippen molar-refractivity contribution in [3.8, 4) is 0 Å². The molecule has 0 spiro atoms. The summed E-state index contributed by atoms with van der Waals surface area (Å²) in [5.41, 5.74) is 2.34. The summed E-state index contributed by atoms with van der Waals surface area (Å²) < 4.78 is 0. The van der Waals surface area contributed by atoms with Crippen molar-refractivity contribution in [1.29, 1.82) is 0 Å². The summed E-state index contributed by atoms with van der Waals surface area (Å²) in [5.74, 6) is 0.143. The third-order valence-electron chi connectivity index (χ3n) is 4.90. The zero-order valence-corrected chi connectivity index (χ0v) is 20.1. The molecule has 1 N–H and O–H groups in total. The Kier molecular flexibility index (Phi) is 8.31. The Morgan fingerprint density at radius 2 is 1.66 bits per heavy atom. The van der Waals surface area contributed by atoms with Crippen LogP contribution < -0.4 is 10.2 Å². The van der Waals surface area contributed by atoms with Crippen molar-refractivity contribution < 1.29 is 9.59 Å². The van der Waals surface area contributed by atoms with Crippen LogP contribution in [0.15, 0.2) is 18.2 Å². The predicted molar refractivity (Wildman–Crippen MR) is 123 cm³/mol. The molecule has 164 valence electrons. The summed E-state index contributed by atoms with van der Waals surface area (Å²) in [7, 11) is 3.99. The Morgan fingerprint density at radius 1 is 1.07 bits per heavy atom. The van der Waals surface area contributed by atoms with Gasteiger partial charge in [-0.25, -0.2) is 0 Å². The molecule has 1 aromatic carbocycles. The molecule has 0 saturated heterocycles. The number of carbonyl (C=O) groups excluding carboxylic acids is 2. The van der Waals surface area contributed by atoms with Gasteiger partial charge < -0.3 is 15.1 Å². The maximum atomic E-state index is 13.1. The minimum absolute atomic E-state index is 0.00519. The first-order valence-electron chi connectivity index (χ1n) is 10.6. The highest BCUT2D eigenvalue weighted by atomic mass is 16.2. The number of hydrogen-bond acceptors (Lipinski definition) is 3. The summed E-state index contributed by atoms with van der Waals surface area (Å²) in [6, 6.07) is 6.08. The van der Waals surface area contributed by atoms with Crippen molar-refractivity contribution in [2.75, 3.05) is 24.3 Å². The van der Waals surface area contributed by atoms with Crippen LogP contribution in [0.25, 0.3) is 0 Å². The molecule has 5 heteroatoms.